The highest BCUT2D eigenvalue weighted by Crippen LogP contribution is 2.28. The Bertz CT molecular complexity index is 795. The second-order valence-corrected chi connectivity index (χ2v) is 8.40. The molecule has 4 rings (SSSR count). The van der Waals surface area contributed by atoms with Gasteiger partial charge in [-0.25, -0.2) is 0 Å². The van der Waals surface area contributed by atoms with Crippen LogP contribution in [0.4, 0.5) is 0 Å². The van der Waals surface area contributed by atoms with Crippen LogP contribution in [0.2, 0.25) is 0 Å². The number of carbonyl (C=O) groups excluding carboxylic acids is 1. The summed E-state index contributed by atoms with van der Waals surface area (Å²) in [5.74, 6) is 2.30. The fraction of sp³-hybridized carbons (Fsp3) is 0.722. The minimum Gasteiger partial charge on any atom is -0.337 e. The number of aromatic nitrogens is 5. The number of hydrogen-bond donors (Lipinski definition) is 0. The zero-order chi connectivity index (χ0) is 18.8. The molecule has 4 heterocycles. The Balaban J connectivity index is 1.45. The lowest BCUT2D eigenvalue weighted by atomic mass is 9.97. The Kier molecular flexibility index (Phi) is 5.49. The van der Waals surface area contributed by atoms with Crippen LogP contribution in [0.5, 0.6) is 0 Å². The molecule has 2 aliphatic heterocycles. The third kappa shape index (κ3) is 3.89. The van der Waals surface area contributed by atoms with Crippen LogP contribution in [0, 0.1) is 6.92 Å². The Morgan fingerprint density at radius 2 is 1.93 bits per heavy atom. The van der Waals surface area contributed by atoms with Crippen LogP contribution in [0.25, 0.3) is 0 Å². The van der Waals surface area contributed by atoms with E-state index in [0.717, 1.165) is 56.4 Å². The molecule has 0 unspecified atom stereocenters. The molecule has 0 saturated carbocycles. The van der Waals surface area contributed by atoms with Gasteiger partial charge in [-0.05, 0) is 57.2 Å². The van der Waals surface area contributed by atoms with E-state index in [4.69, 9.17) is 0 Å². The molecular formula is C18H27N7OS. The van der Waals surface area contributed by atoms with Gasteiger partial charge in [-0.3, -0.25) is 9.69 Å². The summed E-state index contributed by atoms with van der Waals surface area (Å²) in [4.78, 5) is 17.9. The first kappa shape index (κ1) is 18.5. The zero-order valence-corrected chi connectivity index (χ0v) is 16.9. The van der Waals surface area contributed by atoms with Crippen LogP contribution in [-0.4, -0.2) is 66.2 Å². The molecule has 2 fully saturated rings. The molecule has 0 aromatic carbocycles. The summed E-state index contributed by atoms with van der Waals surface area (Å²) in [5.41, 5.74) is 0.717. The maximum Gasteiger partial charge on any atom is 0.267 e. The van der Waals surface area contributed by atoms with Crippen molar-refractivity contribution in [2.75, 3.05) is 26.2 Å². The Hall–Kier alpha value is -1.87. The van der Waals surface area contributed by atoms with E-state index in [1.54, 1.807) is 0 Å². The largest absolute Gasteiger partial charge is 0.337 e. The van der Waals surface area contributed by atoms with Gasteiger partial charge in [0.25, 0.3) is 5.91 Å². The van der Waals surface area contributed by atoms with Crippen LogP contribution in [-0.2, 0) is 13.6 Å². The summed E-state index contributed by atoms with van der Waals surface area (Å²) in [7, 11) is 2.06. The third-order valence-corrected chi connectivity index (χ3v) is 6.55. The summed E-state index contributed by atoms with van der Waals surface area (Å²) in [5, 5.41) is 12.9. The number of carbonyl (C=O) groups is 1. The van der Waals surface area contributed by atoms with Crippen molar-refractivity contribution in [3.8, 4) is 0 Å². The summed E-state index contributed by atoms with van der Waals surface area (Å²) in [6, 6.07) is 0. The molecule has 27 heavy (non-hydrogen) atoms. The lowest BCUT2D eigenvalue weighted by Gasteiger charge is -2.32. The summed E-state index contributed by atoms with van der Waals surface area (Å²) in [6.07, 6.45) is 5.91. The second-order valence-electron chi connectivity index (χ2n) is 7.65. The van der Waals surface area contributed by atoms with Crippen molar-refractivity contribution < 1.29 is 4.79 Å². The Morgan fingerprint density at radius 1 is 1.11 bits per heavy atom. The number of piperidine rings is 2. The van der Waals surface area contributed by atoms with Gasteiger partial charge in [-0.15, -0.1) is 15.3 Å². The molecule has 0 radical (unpaired) electrons. The molecule has 2 aromatic rings. The maximum atomic E-state index is 12.8. The van der Waals surface area contributed by atoms with Crippen molar-refractivity contribution in [2.45, 2.75) is 51.5 Å². The van der Waals surface area contributed by atoms with Crippen LogP contribution >= 0.6 is 11.5 Å². The normalized spacial score (nSPS) is 21.6. The standard InChI is InChI=1S/C18H27N7OS/c1-13-16(27-22-19-13)18(26)25-10-6-7-14(11-25)17-21-20-15(23(17)2)12-24-8-4-3-5-9-24/h14H,3-12H2,1-2H3/t14-/m0/s1. The smallest absolute Gasteiger partial charge is 0.267 e. The molecular weight excluding hydrogens is 362 g/mol. The third-order valence-electron chi connectivity index (χ3n) is 5.73. The first-order chi connectivity index (χ1) is 13.1. The van der Waals surface area contributed by atoms with Gasteiger partial charge in [0, 0.05) is 26.1 Å². The fourth-order valence-corrected chi connectivity index (χ4v) is 4.75. The summed E-state index contributed by atoms with van der Waals surface area (Å²) >= 11 is 1.18. The summed E-state index contributed by atoms with van der Waals surface area (Å²) in [6.45, 7) is 6.47. The molecule has 9 heteroatoms. The van der Waals surface area contributed by atoms with E-state index >= 15 is 0 Å². The van der Waals surface area contributed by atoms with Crippen molar-refractivity contribution in [2.24, 2.45) is 7.05 Å². The van der Waals surface area contributed by atoms with E-state index in [1.807, 2.05) is 11.8 Å². The second kappa shape index (κ2) is 8.02. The van der Waals surface area contributed by atoms with Crippen LogP contribution in [0.1, 0.15) is 65.0 Å². The number of rotatable bonds is 4. The van der Waals surface area contributed by atoms with Gasteiger partial charge in [0.05, 0.1) is 12.2 Å². The predicted molar refractivity (Wildman–Crippen MR) is 103 cm³/mol. The summed E-state index contributed by atoms with van der Waals surface area (Å²) < 4.78 is 6.05. The topological polar surface area (TPSA) is 80.0 Å². The molecule has 2 aromatic heterocycles. The fourth-order valence-electron chi connectivity index (χ4n) is 4.13. The monoisotopic (exact) mass is 389 g/mol. The molecule has 0 N–H and O–H groups in total. The number of nitrogens with zero attached hydrogens (tertiary/aromatic N) is 7. The molecule has 146 valence electrons. The highest BCUT2D eigenvalue weighted by Gasteiger charge is 2.30. The van der Waals surface area contributed by atoms with E-state index in [1.165, 1.54) is 30.8 Å². The van der Waals surface area contributed by atoms with Crippen molar-refractivity contribution in [3.63, 3.8) is 0 Å². The molecule has 2 saturated heterocycles. The highest BCUT2D eigenvalue weighted by atomic mass is 32.1. The lowest BCUT2D eigenvalue weighted by Crippen LogP contribution is -2.39. The maximum absolute atomic E-state index is 12.8. The van der Waals surface area contributed by atoms with E-state index < -0.39 is 0 Å². The van der Waals surface area contributed by atoms with Crippen LogP contribution < -0.4 is 0 Å². The molecule has 2 aliphatic rings. The van der Waals surface area contributed by atoms with E-state index in [2.05, 4.69) is 36.3 Å². The van der Waals surface area contributed by atoms with Gasteiger partial charge in [0.1, 0.15) is 16.5 Å². The average Bonchev–Trinajstić information content (AvgIpc) is 3.28. The number of amides is 1. The highest BCUT2D eigenvalue weighted by molar-refractivity contribution is 7.07. The lowest BCUT2D eigenvalue weighted by molar-refractivity contribution is 0.0707. The molecule has 0 bridgehead atoms. The van der Waals surface area contributed by atoms with Crippen molar-refractivity contribution >= 4 is 17.4 Å². The van der Waals surface area contributed by atoms with E-state index in [9.17, 15) is 4.79 Å². The quantitative estimate of drug-likeness (QED) is 0.795. The van der Waals surface area contributed by atoms with E-state index in [-0.39, 0.29) is 11.8 Å². The van der Waals surface area contributed by atoms with Gasteiger partial charge >= 0.3 is 0 Å². The number of hydrogen-bond acceptors (Lipinski definition) is 7. The molecule has 8 nitrogen and oxygen atoms in total. The molecule has 0 aliphatic carbocycles. The zero-order valence-electron chi connectivity index (χ0n) is 16.1. The van der Waals surface area contributed by atoms with Gasteiger partial charge in [0.2, 0.25) is 0 Å². The minimum absolute atomic E-state index is 0.0444. The van der Waals surface area contributed by atoms with Gasteiger partial charge < -0.3 is 9.47 Å². The van der Waals surface area contributed by atoms with Crippen LogP contribution in [0.3, 0.4) is 0 Å². The number of likely N-dealkylation sites (tertiary alicyclic amines) is 2. The van der Waals surface area contributed by atoms with Crippen molar-refractivity contribution in [1.82, 2.24) is 34.2 Å². The molecule has 1 amide bonds. The predicted octanol–water partition coefficient (Wildman–Crippen LogP) is 1.98. The average molecular weight is 390 g/mol. The van der Waals surface area contributed by atoms with Gasteiger partial charge in [-0.1, -0.05) is 10.9 Å². The SMILES string of the molecule is Cc1nnsc1C(=O)N1CCC[C@H](c2nnc(CN3CCCCC3)n2C)C1. The first-order valence-corrected chi connectivity index (χ1v) is 10.6. The Labute approximate surface area is 163 Å². The molecule has 1 atom stereocenters. The first-order valence-electron chi connectivity index (χ1n) is 9.82. The van der Waals surface area contributed by atoms with Gasteiger partial charge in [-0.2, -0.15) is 0 Å². The Morgan fingerprint density at radius 3 is 2.67 bits per heavy atom. The molecule has 0 spiro atoms. The van der Waals surface area contributed by atoms with E-state index in [0.29, 0.717) is 11.4 Å². The van der Waals surface area contributed by atoms with Crippen molar-refractivity contribution in [3.05, 3.63) is 22.2 Å². The van der Waals surface area contributed by atoms with Crippen LogP contribution in [0.15, 0.2) is 0 Å². The van der Waals surface area contributed by atoms with Gasteiger partial charge in [0.15, 0.2) is 0 Å². The van der Waals surface area contributed by atoms with Crippen molar-refractivity contribution in [1.29, 1.82) is 0 Å². The number of aryl methyl sites for hydroxylation is 1. The minimum atomic E-state index is 0.0444.